The molecule has 0 spiro atoms. The fourth-order valence-electron chi connectivity index (χ4n) is 6.34. The molecule has 0 N–H and O–H groups in total. The molecule has 108 valence electrons. The Hall–Kier alpha value is -0.530. The van der Waals surface area contributed by atoms with E-state index >= 15 is 0 Å². The molecule has 2 nitrogen and oxygen atoms in total. The number of carbonyl (C=O) groups excluding carboxylic acids is 1. The molecule has 0 radical (unpaired) electrons. The van der Waals surface area contributed by atoms with E-state index in [0.717, 1.165) is 6.42 Å². The van der Waals surface area contributed by atoms with E-state index in [9.17, 15) is 4.79 Å². The van der Waals surface area contributed by atoms with Crippen molar-refractivity contribution in [2.75, 3.05) is 0 Å². The Labute approximate surface area is 117 Å². The van der Waals surface area contributed by atoms with Crippen LogP contribution < -0.4 is 0 Å². The van der Waals surface area contributed by atoms with Crippen LogP contribution in [0.5, 0.6) is 0 Å². The number of hydrogen-bond donors (Lipinski definition) is 0. The van der Waals surface area contributed by atoms with Crippen LogP contribution in [-0.4, -0.2) is 12.1 Å². The van der Waals surface area contributed by atoms with Gasteiger partial charge >= 0.3 is 5.97 Å². The molecular formula is C17H28O2. The molecule has 2 heteroatoms. The zero-order valence-corrected chi connectivity index (χ0v) is 13.1. The maximum Gasteiger partial charge on any atom is 0.302 e. The molecular weight excluding hydrogens is 236 g/mol. The summed E-state index contributed by atoms with van der Waals surface area (Å²) in [7, 11) is 0. The Morgan fingerprint density at radius 3 is 2.32 bits per heavy atom. The Balaban J connectivity index is 2.07. The lowest BCUT2D eigenvalue weighted by Gasteiger charge is -2.56. The first kappa shape index (κ1) is 13.5. The van der Waals surface area contributed by atoms with E-state index < -0.39 is 0 Å². The molecule has 0 aromatic heterocycles. The summed E-state index contributed by atoms with van der Waals surface area (Å²) in [6, 6.07) is 0. The highest BCUT2D eigenvalue weighted by Gasteiger charge is 2.76. The molecule has 4 atom stereocenters. The monoisotopic (exact) mass is 264 g/mol. The van der Waals surface area contributed by atoms with Gasteiger partial charge in [-0.3, -0.25) is 4.79 Å². The van der Waals surface area contributed by atoms with E-state index in [1.807, 2.05) is 0 Å². The molecule has 19 heavy (non-hydrogen) atoms. The van der Waals surface area contributed by atoms with Crippen LogP contribution in [-0.2, 0) is 9.53 Å². The molecule has 3 aliphatic carbocycles. The second kappa shape index (κ2) is 3.56. The maximum absolute atomic E-state index is 11.5. The van der Waals surface area contributed by atoms with E-state index in [1.165, 1.54) is 32.1 Å². The summed E-state index contributed by atoms with van der Waals surface area (Å²) in [6.07, 6.45) is 7.74. The van der Waals surface area contributed by atoms with Gasteiger partial charge in [0.25, 0.3) is 0 Å². The van der Waals surface area contributed by atoms with Crippen molar-refractivity contribution in [2.45, 2.75) is 79.2 Å². The Kier molecular flexibility index (Phi) is 2.52. The third-order valence-corrected chi connectivity index (χ3v) is 7.71. The van der Waals surface area contributed by atoms with Gasteiger partial charge in [0.15, 0.2) is 0 Å². The molecule has 0 heterocycles. The lowest BCUT2D eigenvalue weighted by atomic mass is 9.47. The second-order valence-electron chi connectivity index (χ2n) is 8.37. The number of esters is 1. The van der Waals surface area contributed by atoms with Crippen molar-refractivity contribution in [3.8, 4) is 0 Å². The quantitative estimate of drug-likeness (QED) is 0.659. The fraction of sp³-hybridized carbons (Fsp3) is 0.941. The van der Waals surface area contributed by atoms with E-state index in [4.69, 9.17) is 4.74 Å². The molecule has 3 rings (SSSR count). The first-order valence-corrected chi connectivity index (χ1v) is 7.86. The molecule has 0 unspecified atom stereocenters. The minimum Gasteiger partial charge on any atom is -0.462 e. The minimum atomic E-state index is -0.103. The second-order valence-corrected chi connectivity index (χ2v) is 8.37. The Morgan fingerprint density at radius 2 is 1.74 bits per heavy atom. The summed E-state index contributed by atoms with van der Waals surface area (Å²) >= 11 is 0. The van der Waals surface area contributed by atoms with Gasteiger partial charge in [0.1, 0.15) is 6.10 Å². The Morgan fingerprint density at radius 1 is 1.05 bits per heavy atom. The third kappa shape index (κ3) is 1.31. The average molecular weight is 264 g/mol. The molecule has 0 aromatic carbocycles. The molecule has 2 bridgehead atoms. The standard InChI is InChI=1S/C17H28O2/c1-12(18)19-13-11-17-10-9-15(13,4)16(17,5)8-6-7-14(17,2)3/h13H,6-11H2,1-5H3/t13-,15-,16+,17+/m0/s1. The van der Waals surface area contributed by atoms with E-state index in [-0.39, 0.29) is 17.5 Å². The van der Waals surface area contributed by atoms with Gasteiger partial charge in [-0.2, -0.15) is 0 Å². The van der Waals surface area contributed by atoms with E-state index in [1.54, 1.807) is 6.92 Å². The molecule has 0 amide bonds. The lowest BCUT2D eigenvalue weighted by Crippen LogP contribution is -2.49. The van der Waals surface area contributed by atoms with Crippen LogP contribution >= 0.6 is 0 Å². The van der Waals surface area contributed by atoms with Gasteiger partial charge in [-0.05, 0) is 48.3 Å². The van der Waals surface area contributed by atoms with Crippen molar-refractivity contribution in [3.63, 3.8) is 0 Å². The van der Waals surface area contributed by atoms with Crippen LogP contribution in [0.25, 0.3) is 0 Å². The van der Waals surface area contributed by atoms with Gasteiger partial charge in [-0.1, -0.05) is 34.1 Å². The van der Waals surface area contributed by atoms with Gasteiger partial charge in [0.2, 0.25) is 0 Å². The van der Waals surface area contributed by atoms with Crippen LogP contribution in [0.3, 0.4) is 0 Å². The predicted molar refractivity (Wildman–Crippen MR) is 75.7 cm³/mol. The van der Waals surface area contributed by atoms with Crippen LogP contribution in [0.4, 0.5) is 0 Å². The van der Waals surface area contributed by atoms with Crippen molar-refractivity contribution in [3.05, 3.63) is 0 Å². The van der Waals surface area contributed by atoms with Crippen molar-refractivity contribution < 1.29 is 9.53 Å². The average Bonchev–Trinajstić information content (AvgIpc) is 2.61. The molecule has 3 saturated carbocycles. The van der Waals surface area contributed by atoms with Gasteiger partial charge < -0.3 is 4.74 Å². The number of rotatable bonds is 1. The van der Waals surface area contributed by atoms with Crippen LogP contribution in [0.1, 0.15) is 73.1 Å². The first-order chi connectivity index (χ1) is 8.69. The zero-order chi connectivity index (χ0) is 14.1. The van der Waals surface area contributed by atoms with Gasteiger partial charge in [0, 0.05) is 12.3 Å². The summed E-state index contributed by atoms with van der Waals surface area (Å²) in [4.78, 5) is 11.5. The normalized spacial score (nSPS) is 50.9. The van der Waals surface area contributed by atoms with Gasteiger partial charge in [-0.25, -0.2) is 0 Å². The topological polar surface area (TPSA) is 26.3 Å². The van der Waals surface area contributed by atoms with Crippen molar-refractivity contribution in [1.82, 2.24) is 0 Å². The SMILES string of the molecule is CC(=O)O[C@H]1C[C@@]23CC[C@]1(C)[C@@]2(C)CCCC3(C)C. The van der Waals surface area contributed by atoms with Crippen molar-refractivity contribution in [2.24, 2.45) is 21.7 Å². The highest BCUT2D eigenvalue weighted by Crippen LogP contribution is 2.81. The summed E-state index contributed by atoms with van der Waals surface area (Å²) in [5, 5.41) is 0. The largest absolute Gasteiger partial charge is 0.462 e. The highest BCUT2D eigenvalue weighted by atomic mass is 16.5. The number of ether oxygens (including phenoxy) is 1. The van der Waals surface area contributed by atoms with Crippen molar-refractivity contribution in [1.29, 1.82) is 0 Å². The molecule has 0 saturated heterocycles. The smallest absolute Gasteiger partial charge is 0.302 e. The van der Waals surface area contributed by atoms with E-state index in [2.05, 4.69) is 27.7 Å². The fourth-order valence-corrected chi connectivity index (χ4v) is 6.34. The predicted octanol–water partition coefficient (Wildman–Crippen LogP) is 4.32. The van der Waals surface area contributed by atoms with Gasteiger partial charge in [0.05, 0.1) is 0 Å². The van der Waals surface area contributed by atoms with E-state index in [0.29, 0.717) is 16.2 Å². The molecule has 3 aliphatic rings. The lowest BCUT2D eigenvalue weighted by molar-refractivity contribution is -0.154. The number of carbonyl (C=O) groups is 1. The summed E-state index contributed by atoms with van der Waals surface area (Å²) < 4.78 is 5.75. The zero-order valence-electron chi connectivity index (χ0n) is 13.1. The molecule has 3 fully saturated rings. The third-order valence-electron chi connectivity index (χ3n) is 7.71. The van der Waals surface area contributed by atoms with Crippen molar-refractivity contribution >= 4 is 5.97 Å². The number of hydrogen-bond acceptors (Lipinski definition) is 2. The molecule has 0 aliphatic heterocycles. The Bertz CT molecular complexity index is 427. The minimum absolute atomic E-state index is 0.103. The summed E-state index contributed by atoms with van der Waals surface area (Å²) in [6.45, 7) is 11.3. The van der Waals surface area contributed by atoms with Crippen LogP contribution in [0, 0.1) is 21.7 Å². The maximum atomic E-state index is 11.5. The molecule has 0 aromatic rings. The first-order valence-electron chi connectivity index (χ1n) is 7.86. The summed E-state index contributed by atoms with van der Waals surface area (Å²) in [5.74, 6) is -0.103. The van der Waals surface area contributed by atoms with Gasteiger partial charge in [-0.15, -0.1) is 0 Å². The van der Waals surface area contributed by atoms with Crippen LogP contribution in [0.2, 0.25) is 0 Å². The van der Waals surface area contributed by atoms with Crippen LogP contribution in [0.15, 0.2) is 0 Å². The summed E-state index contributed by atoms with van der Waals surface area (Å²) in [5.41, 5.74) is 1.30. The highest BCUT2D eigenvalue weighted by molar-refractivity contribution is 5.66.